The molecule has 0 aliphatic carbocycles. The third kappa shape index (κ3) is 6.80. The Balaban J connectivity index is 2.38. The van der Waals surface area contributed by atoms with Crippen molar-refractivity contribution in [2.75, 3.05) is 33.3 Å². The van der Waals surface area contributed by atoms with Gasteiger partial charge >= 0.3 is 5.97 Å². The SMILES string of the molecule is CCOC1CCN(C(=NC)NCC(=O)OC(C)(C)C)CC1. The van der Waals surface area contributed by atoms with Crippen molar-refractivity contribution in [2.24, 2.45) is 4.99 Å². The van der Waals surface area contributed by atoms with Crippen LogP contribution in [0.4, 0.5) is 0 Å². The molecular weight excluding hydrogens is 270 g/mol. The summed E-state index contributed by atoms with van der Waals surface area (Å²) in [6.45, 7) is 10.3. The van der Waals surface area contributed by atoms with Gasteiger partial charge in [-0.05, 0) is 40.5 Å². The van der Waals surface area contributed by atoms with Crippen molar-refractivity contribution < 1.29 is 14.3 Å². The molecule has 0 unspecified atom stereocenters. The van der Waals surface area contributed by atoms with Crippen molar-refractivity contribution in [2.45, 2.75) is 52.2 Å². The first-order valence-corrected chi connectivity index (χ1v) is 7.64. The van der Waals surface area contributed by atoms with E-state index < -0.39 is 5.60 Å². The molecule has 1 N–H and O–H groups in total. The van der Waals surface area contributed by atoms with E-state index in [0.717, 1.165) is 38.5 Å². The van der Waals surface area contributed by atoms with E-state index in [2.05, 4.69) is 15.2 Å². The van der Waals surface area contributed by atoms with Gasteiger partial charge in [-0.15, -0.1) is 0 Å². The number of aliphatic imine (C=N–C) groups is 1. The van der Waals surface area contributed by atoms with E-state index in [9.17, 15) is 4.79 Å². The summed E-state index contributed by atoms with van der Waals surface area (Å²) in [7, 11) is 1.73. The molecule has 0 aromatic rings. The first kappa shape index (κ1) is 17.8. The zero-order chi connectivity index (χ0) is 15.9. The maximum Gasteiger partial charge on any atom is 0.325 e. The van der Waals surface area contributed by atoms with Crippen molar-refractivity contribution >= 4 is 11.9 Å². The van der Waals surface area contributed by atoms with Crippen LogP contribution in [-0.2, 0) is 14.3 Å². The molecule has 6 heteroatoms. The summed E-state index contributed by atoms with van der Waals surface area (Å²) in [5.41, 5.74) is -0.460. The molecule has 0 atom stereocenters. The summed E-state index contributed by atoms with van der Waals surface area (Å²) < 4.78 is 10.9. The maximum atomic E-state index is 11.7. The number of carbonyl (C=O) groups is 1. The summed E-state index contributed by atoms with van der Waals surface area (Å²) >= 11 is 0. The standard InChI is InChI=1S/C15H29N3O3/c1-6-20-12-7-9-18(10-8-12)14(16-5)17-11-13(19)21-15(2,3)4/h12H,6-11H2,1-5H3,(H,16,17). The fraction of sp³-hybridized carbons (Fsp3) is 0.867. The maximum absolute atomic E-state index is 11.7. The van der Waals surface area contributed by atoms with Gasteiger partial charge in [-0.25, -0.2) is 0 Å². The van der Waals surface area contributed by atoms with Gasteiger partial charge in [0.05, 0.1) is 6.10 Å². The Labute approximate surface area is 127 Å². The van der Waals surface area contributed by atoms with E-state index in [1.807, 2.05) is 27.7 Å². The van der Waals surface area contributed by atoms with Crippen molar-refractivity contribution in [3.05, 3.63) is 0 Å². The molecular formula is C15H29N3O3. The van der Waals surface area contributed by atoms with E-state index in [1.165, 1.54) is 0 Å². The second-order valence-corrected chi connectivity index (χ2v) is 6.13. The van der Waals surface area contributed by atoms with Gasteiger partial charge < -0.3 is 19.7 Å². The van der Waals surface area contributed by atoms with Gasteiger partial charge in [0.1, 0.15) is 12.1 Å². The van der Waals surface area contributed by atoms with Crippen LogP contribution in [0.15, 0.2) is 4.99 Å². The molecule has 1 rings (SSSR count). The van der Waals surface area contributed by atoms with Crippen LogP contribution in [0, 0.1) is 0 Å². The number of nitrogens with one attached hydrogen (secondary N) is 1. The van der Waals surface area contributed by atoms with E-state index in [4.69, 9.17) is 9.47 Å². The molecule has 0 amide bonds. The number of nitrogens with zero attached hydrogens (tertiary/aromatic N) is 2. The average molecular weight is 299 g/mol. The third-order valence-electron chi connectivity index (χ3n) is 3.17. The number of piperidine rings is 1. The fourth-order valence-electron chi connectivity index (χ4n) is 2.33. The third-order valence-corrected chi connectivity index (χ3v) is 3.17. The van der Waals surface area contributed by atoms with Crippen molar-refractivity contribution in [1.29, 1.82) is 0 Å². The van der Waals surface area contributed by atoms with E-state index in [-0.39, 0.29) is 12.5 Å². The molecule has 0 saturated carbocycles. The fourth-order valence-corrected chi connectivity index (χ4v) is 2.33. The Hall–Kier alpha value is -1.30. The number of carbonyl (C=O) groups excluding carboxylic acids is 1. The van der Waals surface area contributed by atoms with E-state index in [1.54, 1.807) is 7.05 Å². The molecule has 122 valence electrons. The van der Waals surface area contributed by atoms with Crippen molar-refractivity contribution in [1.82, 2.24) is 10.2 Å². The average Bonchev–Trinajstić information content (AvgIpc) is 2.39. The number of likely N-dealkylation sites (tertiary alicyclic amines) is 1. The molecule has 1 aliphatic rings. The van der Waals surface area contributed by atoms with Crippen LogP contribution in [0.2, 0.25) is 0 Å². The van der Waals surface area contributed by atoms with Crippen molar-refractivity contribution in [3.8, 4) is 0 Å². The lowest BCUT2D eigenvalue weighted by Crippen LogP contribution is -2.48. The predicted octanol–water partition coefficient (Wildman–Crippen LogP) is 1.40. The van der Waals surface area contributed by atoms with Gasteiger partial charge in [0.25, 0.3) is 0 Å². The Kier molecular flexibility index (Phi) is 6.95. The summed E-state index contributed by atoms with van der Waals surface area (Å²) in [6, 6.07) is 0. The van der Waals surface area contributed by atoms with Crippen LogP contribution in [0.3, 0.4) is 0 Å². The smallest absolute Gasteiger partial charge is 0.325 e. The minimum atomic E-state index is -0.460. The highest BCUT2D eigenvalue weighted by Crippen LogP contribution is 2.13. The molecule has 0 spiro atoms. The molecule has 0 bridgehead atoms. The highest BCUT2D eigenvalue weighted by atomic mass is 16.6. The van der Waals surface area contributed by atoms with E-state index >= 15 is 0 Å². The van der Waals surface area contributed by atoms with Gasteiger partial charge in [-0.1, -0.05) is 0 Å². The number of hydrogen-bond donors (Lipinski definition) is 1. The first-order valence-electron chi connectivity index (χ1n) is 7.64. The zero-order valence-electron chi connectivity index (χ0n) is 13.9. The highest BCUT2D eigenvalue weighted by molar-refractivity contribution is 5.84. The number of rotatable bonds is 4. The molecule has 0 aromatic carbocycles. The molecule has 0 aromatic heterocycles. The quantitative estimate of drug-likeness (QED) is 0.483. The Bertz CT molecular complexity index is 356. The molecule has 1 fully saturated rings. The predicted molar refractivity (Wildman–Crippen MR) is 83.4 cm³/mol. The first-order chi connectivity index (χ1) is 9.85. The largest absolute Gasteiger partial charge is 0.459 e. The monoisotopic (exact) mass is 299 g/mol. The van der Waals surface area contributed by atoms with Gasteiger partial charge in [0.2, 0.25) is 0 Å². The topological polar surface area (TPSA) is 63.2 Å². The van der Waals surface area contributed by atoms with E-state index in [0.29, 0.717) is 6.10 Å². The molecule has 21 heavy (non-hydrogen) atoms. The lowest BCUT2D eigenvalue weighted by Gasteiger charge is -2.34. The molecule has 6 nitrogen and oxygen atoms in total. The van der Waals surface area contributed by atoms with Crippen LogP contribution in [0.25, 0.3) is 0 Å². The highest BCUT2D eigenvalue weighted by Gasteiger charge is 2.22. The lowest BCUT2D eigenvalue weighted by molar-refractivity contribution is -0.153. The van der Waals surface area contributed by atoms with Gasteiger partial charge in [0, 0.05) is 26.7 Å². The molecule has 1 heterocycles. The zero-order valence-corrected chi connectivity index (χ0v) is 13.9. The Morgan fingerprint density at radius 1 is 1.33 bits per heavy atom. The second kappa shape index (κ2) is 8.22. The summed E-state index contributed by atoms with van der Waals surface area (Å²) in [5.74, 6) is 0.476. The summed E-state index contributed by atoms with van der Waals surface area (Å²) in [4.78, 5) is 18.1. The molecule has 0 radical (unpaired) electrons. The second-order valence-electron chi connectivity index (χ2n) is 6.13. The summed E-state index contributed by atoms with van der Waals surface area (Å²) in [6.07, 6.45) is 2.32. The summed E-state index contributed by atoms with van der Waals surface area (Å²) in [5, 5.41) is 3.07. The van der Waals surface area contributed by atoms with Crippen molar-refractivity contribution in [3.63, 3.8) is 0 Å². The van der Waals surface area contributed by atoms with Gasteiger partial charge in [-0.3, -0.25) is 9.79 Å². The van der Waals surface area contributed by atoms with Crippen LogP contribution in [0.5, 0.6) is 0 Å². The van der Waals surface area contributed by atoms with Crippen LogP contribution >= 0.6 is 0 Å². The number of ether oxygens (including phenoxy) is 2. The Morgan fingerprint density at radius 2 is 1.95 bits per heavy atom. The molecule has 1 aliphatic heterocycles. The number of hydrogen-bond acceptors (Lipinski definition) is 4. The lowest BCUT2D eigenvalue weighted by atomic mass is 10.1. The van der Waals surface area contributed by atoms with Gasteiger partial charge in [0.15, 0.2) is 5.96 Å². The van der Waals surface area contributed by atoms with Crippen LogP contribution in [-0.4, -0.2) is 61.8 Å². The van der Waals surface area contributed by atoms with Crippen LogP contribution in [0.1, 0.15) is 40.5 Å². The Morgan fingerprint density at radius 3 is 2.43 bits per heavy atom. The minimum absolute atomic E-state index is 0.134. The van der Waals surface area contributed by atoms with Gasteiger partial charge in [-0.2, -0.15) is 0 Å². The van der Waals surface area contributed by atoms with Crippen LogP contribution < -0.4 is 5.32 Å². The minimum Gasteiger partial charge on any atom is -0.459 e. The normalized spacial score (nSPS) is 17.8. The number of esters is 1. The number of guanidine groups is 1. The molecule has 1 saturated heterocycles.